The molecule has 1 aliphatic heterocycles. The smallest absolute Gasteiger partial charge is 0.274 e. The normalized spacial score (nSPS) is 15.6. The van der Waals surface area contributed by atoms with E-state index in [2.05, 4.69) is 5.10 Å². The minimum absolute atomic E-state index is 0.274. The van der Waals surface area contributed by atoms with Crippen LogP contribution in [0.3, 0.4) is 0 Å². The number of hydrogen-bond acceptors (Lipinski definition) is 4. The number of benzene rings is 2. The van der Waals surface area contributed by atoms with Crippen molar-refractivity contribution in [1.82, 2.24) is 5.01 Å². The lowest BCUT2D eigenvalue weighted by Gasteiger charge is -2.28. The van der Waals surface area contributed by atoms with Crippen LogP contribution in [0.5, 0.6) is 11.5 Å². The number of ether oxygens (including phenoxy) is 2. The first-order valence-electron chi connectivity index (χ1n) is 8.26. The summed E-state index contributed by atoms with van der Waals surface area (Å²) in [5, 5.41) is 5.95. The zero-order valence-electron chi connectivity index (χ0n) is 15.2. The molecule has 3 rings (SSSR count). The molecule has 1 aliphatic rings. The largest absolute Gasteiger partial charge is 0.493 e. The van der Waals surface area contributed by atoms with E-state index in [9.17, 15) is 9.18 Å². The van der Waals surface area contributed by atoms with Gasteiger partial charge in [0, 0.05) is 17.5 Å². The van der Waals surface area contributed by atoms with Crippen LogP contribution in [-0.4, -0.2) is 36.4 Å². The van der Waals surface area contributed by atoms with E-state index in [1.54, 1.807) is 26.4 Å². The molecule has 5 nitrogen and oxygen atoms in total. The number of methoxy groups -OCH3 is 2. The number of amides is 1. The molecule has 0 bridgehead atoms. The highest BCUT2D eigenvalue weighted by atomic mass is 19.1. The Morgan fingerprint density at radius 2 is 1.85 bits per heavy atom. The maximum atomic E-state index is 13.5. The molecule has 6 heteroatoms. The van der Waals surface area contributed by atoms with Gasteiger partial charge in [-0.25, -0.2) is 9.40 Å². The van der Waals surface area contributed by atoms with Gasteiger partial charge in [0.15, 0.2) is 11.5 Å². The Balaban J connectivity index is 1.96. The number of hydrogen-bond donors (Lipinski definition) is 0. The Bertz CT molecular complexity index is 877. The number of rotatable bonds is 4. The summed E-state index contributed by atoms with van der Waals surface area (Å²) in [6, 6.07) is 11.2. The molecule has 2 aromatic rings. The lowest BCUT2D eigenvalue weighted by Crippen LogP contribution is -2.40. The van der Waals surface area contributed by atoms with Crippen molar-refractivity contribution in [3.05, 3.63) is 59.4 Å². The van der Waals surface area contributed by atoms with Crippen LogP contribution < -0.4 is 9.47 Å². The fourth-order valence-corrected chi connectivity index (χ4v) is 3.02. The third-order valence-corrected chi connectivity index (χ3v) is 4.37. The minimum Gasteiger partial charge on any atom is -0.493 e. The topological polar surface area (TPSA) is 51.1 Å². The lowest BCUT2D eigenvalue weighted by atomic mass is 9.94. The van der Waals surface area contributed by atoms with E-state index in [-0.39, 0.29) is 11.5 Å². The van der Waals surface area contributed by atoms with E-state index in [0.717, 1.165) is 11.3 Å². The first-order chi connectivity index (χ1) is 12.4. The first kappa shape index (κ1) is 17.9. The lowest BCUT2D eigenvalue weighted by molar-refractivity contribution is 0.0612. The number of carbonyl (C=O) groups is 1. The molecule has 0 fully saturated rings. The molecule has 0 N–H and O–H groups in total. The van der Waals surface area contributed by atoms with Gasteiger partial charge in [-0.1, -0.05) is 6.07 Å². The fraction of sp³-hybridized carbons (Fsp3) is 0.300. The predicted molar refractivity (Wildman–Crippen MR) is 97.3 cm³/mol. The van der Waals surface area contributed by atoms with Crippen molar-refractivity contribution in [2.75, 3.05) is 14.2 Å². The Labute approximate surface area is 152 Å². The van der Waals surface area contributed by atoms with E-state index in [1.165, 1.54) is 23.2 Å². The number of carbonyl (C=O) groups excluding carboxylic acids is 1. The van der Waals surface area contributed by atoms with E-state index in [1.807, 2.05) is 26.0 Å². The van der Waals surface area contributed by atoms with Crippen LogP contribution in [0.2, 0.25) is 0 Å². The van der Waals surface area contributed by atoms with E-state index >= 15 is 0 Å². The molecule has 0 aliphatic carbocycles. The van der Waals surface area contributed by atoms with Gasteiger partial charge in [-0.3, -0.25) is 4.79 Å². The van der Waals surface area contributed by atoms with Gasteiger partial charge in [-0.15, -0.1) is 0 Å². The predicted octanol–water partition coefficient (Wildman–Crippen LogP) is 3.87. The summed E-state index contributed by atoms with van der Waals surface area (Å²) in [7, 11) is 3.15. The van der Waals surface area contributed by atoms with E-state index in [4.69, 9.17) is 9.47 Å². The zero-order chi connectivity index (χ0) is 18.9. The number of hydrazone groups is 1. The van der Waals surface area contributed by atoms with Gasteiger partial charge in [0.1, 0.15) is 5.82 Å². The molecule has 1 heterocycles. The molecule has 0 saturated carbocycles. The average Bonchev–Trinajstić information content (AvgIpc) is 2.95. The van der Waals surface area contributed by atoms with Crippen molar-refractivity contribution in [1.29, 1.82) is 0 Å². The first-order valence-corrected chi connectivity index (χ1v) is 8.26. The second kappa shape index (κ2) is 6.78. The van der Waals surface area contributed by atoms with Crippen LogP contribution in [0.25, 0.3) is 0 Å². The SMILES string of the molecule is COc1ccc(C2=NN(C(=O)c3cccc(F)c3)C(C)(C)C2)cc1OC. The molecule has 136 valence electrons. The Kier molecular flexibility index (Phi) is 4.68. The van der Waals surface area contributed by atoms with E-state index in [0.29, 0.717) is 17.9 Å². The average molecular weight is 356 g/mol. The second-order valence-corrected chi connectivity index (χ2v) is 6.73. The molecule has 2 aromatic carbocycles. The van der Waals surface area contributed by atoms with Gasteiger partial charge in [-0.2, -0.15) is 5.10 Å². The van der Waals surface area contributed by atoms with Crippen LogP contribution in [0.15, 0.2) is 47.6 Å². The van der Waals surface area contributed by atoms with Gasteiger partial charge < -0.3 is 9.47 Å². The van der Waals surface area contributed by atoms with Gasteiger partial charge in [0.05, 0.1) is 25.5 Å². The Hall–Kier alpha value is -2.89. The summed E-state index contributed by atoms with van der Waals surface area (Å²) in [5.74, 6) is 0.448. The van der Waals surface area contributed by atoms with Crippen molar-refractivity contribution in [2.45, 2.75) is 25.8 Å². The van der Waals surface area contributed by atoms with Crippen molar-refractivity contribution < 1.29 is 18.7 Å². The summed E-state index contributed by atoms with van der Waals surface area (Å²) < 4.78 is 24.1. The molecular formula is C20H21FN2O3. The van der Waals surface area contributed by atoms with Crippen molar-refractivity contribution >= 4 is 11.6 Å². The van der Waals surface area contributed by atoms with Gasteiger partial charge in [0.25, 0.3) is 5.91 Å². The van der Waals surface area contributed by atoms with Gasteiger partial charge in [-0.05, 0) is 50.2 Å². The van der Waals surface area contributed by atoms with Crippen LogP contribution in [0.1, 0.15) is 36.2 Å². The summed E-state index contributed by atoms with van der Waals surface area (Å²) >= 11 is 0. The molecule has 1 amide bonds. The fourth-order valence-electron chi connectivity index (χ4n) is 3.02. The second-order valence-electron chi connectivity index (χ2n) is 6.73. The van der Waals surface area contributed by atoms with Crippen molar-refractivity contribution in [3.63, 3.8) is 0 Å². The highest BCUT2D eigenvalue weighted by Crippen LogP contribution is 2.34. The Morgan fingerprint density at radius 1 is 1.12 bits per heavy atom. The highest BCUT2D eigenvalue weighted by molar-refractivity contribution is 6.05. The monoisotopic (exact) mass is 356 g/mol. The Morgan fingerprint density at radius 3 is 2.50 bits per heavy atom. The molecule has 0 radical (unpaired) electrons. The molecule has 0 spiro atoms. The van der Waals surface area contributed by atoms with Crippen LogP contribution in [0.4, 0.5) is 4.39 Å². The summed E-state index contributed by atoms with van der Waals surface area (Å²) in [4.78, 5) is 12.8. The van der Waals surface area contributed by atoms with E-state index < -0.39 is 11.4 Å². The van der Waals surface area contributed by atoms with Crippen molar-refractivity contribution in [2.24, 2.45) is 5.10 Å². The summed E-state index contributed by atoms with van der Waals surface area (Å²) in [6.45, 7) is 3.86. The highest BCUT2D eigenvalue weighted by Gasteiger charge is 2.39. The molecule has 0 saturated heterocycles. The molecule has 0 aromatic heterocycles. The standard InChI is InChI=1S/C20H21FN2O3/c1-20(2)12-16(13-8-9-17(25-3)18(11-13)26-4)22-23(20)19(24)14-6-5-7-15(21)10-14/h5-11H,12H2,1-4H3. The molecule has 0 unspecified atom stereocenters. The molecular weight excluding hydrogens is 335 g/mol. The number of nitrogens with zero attached hydrogens (tertiary/aromatic N) is 2. The van der Waals surface area contributed by atoms with Gasteiger partial charge >= 0.3 is 0 Å². The zero-order valence-corrected chi connectivity index (χ0v) is 15.2. The van der Waals surface area contributed by atoms with Crippen LogP contribution >= 0.6 is 0 Å². The van der Waals surface area contributed by atoms with Crippen LogP contribution in [0, 0.1) is 5.82 Å². The number of halogens is 1. The minimum atomic E-state index is -0.522. The quantitative estimate of drug-likeness (QED) is 0.836. The third kappa shape index (κ3) is 3.27. The van der Waals surface area contributed by atoms with Gasteiger partial charge in [0.2, 0.25) is 0 Å². The van der Waals surface area contributed by atoms with Crippen molar-refractivity contribution in [3.8, 4) is 11.5 Å². The molecule has 0 atom stereocenters. The summed E-state index contributed by atoms with van der Waals surface area (Å²) in [6.07, 6.45) is 0.573. The van der Waals surface area contributed by atoms with Crippen LogP contribution in [-0.2, 0) is 0 Å². The molecule has 26 heavy (non-hydrogen) atoms. The summed E-state index contributed by atoms with van der Waals surface area (Å²) in [5.41, 5.74) is 1.37. The maximum Gasteiger partial charge on any atom is 0.274 e. The third-order valence-electron chi connectivity index (χ3n) is 4.37. The maximum absolute atomic E-state index is 13.5.